The lowest BCUT2D eigenvalue weighted by atomic mass is 10.0. The van der Waals surface area contributed by atoms with Gasteiger partial charge in [-0.05, 0) is 18.8 Å². The van der Waals surface area contributed by atoms with Crippen LogP contribution < -0.4 is 5.32 Å². The van der Waals surface area contributed by atoms with Crippen molar-refractivity contribution in [1.29, 1.82) is 0 Å². The molecule has 5 heteroatoms. The Hall–Kier alpha value is -1.36. The van der Waals surface area contributed by atoms with Crippen molar-refractivity contribution in [3.05, 3.63) is 18.0 Å². The largest absolute Gasteiger partial charge is 0.381 e. The van der Waals surface area contributed by atoms with Crippen molar-refractivity contribution in [2.75, 3.05) is 19.8 Å². The summed E-state index contributed by atoms with van der Waals surface area (Å²) >= 11 is 0. The van der Waals surface area contributed by atoms with E-state index in [9.17, 15) is 4.79 Å². The van der Waals surface area contributed by atoms with Crippen molar-refractivity contribution in [1.82, 2.24) is 15.5 Å². The summed E-state index contributed by atoms with van der Waals surface area (Å²) < 4.78 is 5.34. The number of aromatic nitrogens is 2. The molecular weight excluding hydrogens is 194 g/mol. The molecule has 2 rings (SSSR count). The van der Waals surface area contributed by atoms with Gasteiger partial charge in [0, 0.05) is 19.3 Å². The molecule has 1 aromatic rings. The van der Waals surface area contributed by atoms with Crippen molar-refractivity contribution < 1.29 is 9.53 Å². The quantitative estimate of drug-likeness (QED) is 0.764. The van der Waals surface area contributed by atoms with Gasteiger partial charge in [-0.3, -0.25) is 9.89 Å². The number of carbonyl (C=O) groups is 1. The lowest BCUT2D eigenvalue weighted by Gasteiger charge is -2.21. The Morgan fingerprint density at radius 2 is 2.67 bits per heavy atom. The van der Waals surface area contributed by atoms with Gasteiger partial charge in [-0.15, -0.1) is 0 Å². The van der Waals surface area contributed by atoms with E-state index in [2.05, 4.69) is 15.5 Å². The van der Waals surface area contributed by atoms with Crippen molar-refractivity contribution in [2.45, 2.75) is 12.8 Å². The molecule has 1 aliphatic rings. The SMILES string of the molecule is O=C(NCC1CCCOC1)c1cn[nH]c1. The second-order valence-electron chi connectivity index (χ2n) is 3.78. The molecule has 15 heavy (non-hydrogen) atoms. The number of nitrogens with one attached hydrogen (secondary N) is 2. The average Bonchev–Trinajstić information content (AvgIpc) is 2.81. The Balaban J connectivity index is 1.75. The van der Waals surface area contributed by atoms with E-state index in [1.54, 1.807) is 6.20 Å². The van der Waals surface area contributed by atoms with Crippen LogP contribution in [0.5, 0.6) is 0 Å². The first-order valence-corrected chi connectivity index (χ1v) is 5.21. The number of hydrogen-bond donors (Lipinski definition) is 2. The number of ether oxygens (including phenoxy) is 1. The lowest BCUT2D eigenvalue weighted by Crippen LogP contribution is -2.33. The van der Waals surface area contributed by atoms with E-state index in [1.165, 1.54) is 6.20 Å². The van der Waals surface area contributed by atoms with Gasteiger partial charge in [-0.25, -0.2) is 0 Å². The van der Waals surface area contributed by atoms with E-state index in [4.69, 9.17) is 4.74 Å². The highest BCUT2D eigenvalue weighted by Crippen LogP contribution is 2.12. The van der Waals surface area contributed by atoms with Crippen LogP contribution in [-0.4, -0.2) is 35.9 Å². The zero-order chi connectivity index (χ0) is 10.5. The topological polar surface area (TPSA) is 67.0 Å². The summed E-state index contributed by atoms with van der Waals surface area (Å²) in [5, 5.41) is 9.22. The second-order valence-corrected chi connectivity index (χ2v) is 3.78. The minimum absolute atomic E-state index is 0.0747. The van der Waals surface area contributed by atoms with Gasteiger partial charge in [-0.2, -0.15) is 5.10 Å². The normalized spacial score (nSPS) is 21.2. The first kappa shape index (κ1) is 10.2. The Labute approximate surface area is 88.2 Å². The van der Waals surface area contributed by atoms with Gasteiger partial charge < -0.3 is 10.1 Å². The monoisotopic (exact) mass is 209 g/mol. The van der Waals surface area contributed by atoms with Gasteiger partial charge in [0.05, 0.1) is 18.4 Å². The van der Waals surface area contributed by atoms with Crippen molar-refractivity contribution in [3.63, 3.8) is 0 Å². The highest BCUT2D eigenvalue weighted by atomic mass is 16.5. The van der Waals surface area contributed by atoms with Crippen LogP contribution in [0.15, 0.2) is 12.4 Å². The Bertz CT molecular complexity index is 304. The predicted molar refractivity (Wildman–Crippen MR) is 54.5 cm³/mol. The second kappa shape index (κ2) is 4.93. The van der Waals surface area contributed by atoms with E-state index in [0.717, 1.165) is 26.1 Å². The maximum Gasteiger partial charge on any atom is 0.254 e. The fraction of sp³-hybridized carbons (Fsp3) is 0.600. The van der Waals surface area contributed by atoms with Crippen molar-refractivity contribution >= 4 is 5.91 Å². The van der Waals surface area contributed by atoms with Gasteiger partial charge in [-0.1, -0.05) is 0 Å². The molecule has 1 aliphatic heterocycles. The summed E-state index contributed by atoms with van der Waals surface area (Å²) in [5.41, 5.74) is 0.576. The standard InChI is InChI=1S/C10H15N3O2/c14-10(9-5-12-13-6-9)11-4-8-2-1-3-15-7-8/h5-6,8H,1-4,7H2,(H,11,14)(H,12,13). The van der Waals surface area contributed by atoms with Gasteiger partial charge >= 0.3 is 0 Å². The van der Waals surface area contributed by atoms with Crippen LogP contribution in [0.3, 0.4) is 0 Å². The Kier molecular flexibility index (Phi) is 3.34. The third-order valence-electron chi connectivity index (χ3n) is 2.57. The number of aromatic amines is 1. The molecule has 2 heterocycles. The molecule has 1 atom stereocenters. The fourth-order valence-electron chi connectivity index (χ4n) is 1.68. The Morgan fingerprint density at radius 1 is 1.73 bits per heavy atom. The van der Waals surface area contributed by atoms with Gasteiger partial charge in [0.1, 0.15) is 0 Å². The molecule has 1 fully saturated rings. The third kappa shape index (κ3) is 2.79. The number of amides is 1. The average molecular weight is 209 g/mol. The molecule has 0 aromatic carbocycles. The molecule has 1 aromatic heterocycles. The number of nitrogens with zero attached hydrogens (tertiary/aromatic N) is 1. The summed E-state index contributed by atoms with van der Waals surface area (Å²) in [6.45, 7) is 2.29. The first-order valence-electron chi connectivity index (χ1n) is 5.21. The van der Waals surface area contributed by atoms with E-state index in [-0.39, 0.29) is 5.91 Å². The zero-order valence-corrected chi connectivity index (χ0v) is 8.53. The highest BCUT2D eigenvalue weighted by Gasteiger charge is 2.15. The van der Waals surface area contributed by atoms with Crippen LogP contribution in [0, 0.1) is 5.92 Å². The molecule has 0 spiro atoms. The number of H-pyrrole nitrogens is 1. The summed E-state index contributed by atoms with van der Waals surface area (Å²) in [5.74, 6) is 0.379. The molecular formula is C10H15N3O2. The molecule has 1 unspecified atom stereocenters. The number of rotatable bonds is 3. The van der Waals surface area contributed by atoms with Crippen LogP contribution in [0.25, 0.3) is 0 Å². The first-order chi connectivity index (χ1) is 7.36. The molecule has 82 valence electrons. The van der Waals surface area contributed by atoms with Gasteiger partial charge in [0.25, 0.3) is 5.91 Å². The minimum atomic E-state index is -0.0747. The molecule has 1 saturated heterocycles. The minimum Gasteiger partial charge on any atom is -0.381 e. The van der Waals surface area contributed by atoms with E-state index in [0.29, 0.717) is 18.0 Å². The van der Waals surface area contributed by atoms with Crippen molar-refractivity contribution in [2.24, 2.45) is 5.92 Å². The maximum atomic E-state index is 11.5. The van der Waals surface area contributed by atoms with Gasteiger partial charge in [0.2, 0.25) is 0 Å². The smallest absolute Gasteiger partial charge is 0.254 e. The van der Waals surface area contributed by atoms with E-state index < -0.39 is 0 Å². The summed E-state index contributed by atoms with van der Waals surface area (Å²) in [7, 11) is 0. The van der Waals surface area contributed by atoms with Crippen molar-refractivity contribution in [3.8, 4) is 0 Å². The predicted octanol–water partition coefficient (Wildman–Crippen LogP) is 0.566. The number of carbonyl (C=O) groups excluding carboxylic acids is 1. The molecule has 0 aliphatic carbocycles. The number of hydrogen-bond acceptors (Lipinski definition) is 3. The summed E-state index contributed by atoms with van der Waals surface area (Å²) in [6.07, 6.45) is 5.33. The summed E-state index contributed by atoms with van der Waals surface area (Å²) in [4.78, 5) is 11.5. The molecule has 5 nitrogen and oxygen atoms in total. The van der Waals surface area contributed by atoms with Crippen LogP contribution in [0.2, 0.25) is 0 Å². The molecule has 1 amide bonds. The molecule has 2 N–H and O–H groups in total. The Morgan fingerprint density at radius 3 is 3.33 bits per heavy atom. The summed E-state index contributed by atoms with van der Waals surface area (Å²) in [6, 6.07) is 0. The lowest BCUT2D eigenvalue weighted by molar-refractivity contribution is 0.0536. The molecule has 0 radical (unpaired) electrons. The molecule has 0 bridgehead atoms. The van der Waals surface area contributed by atoms with Crippen LogP contribution >= 0.6 is 0 Å². The zero-order valence-electron chi connectivity index (χ0n) is 8.53. The van der Waals surface area contributed by atoms with Crippen LogP contribution in [-0.2, 0) is 4.74 Å². The van der Waals surface area contributed by atoms with E-state index >= 15 is 0 Å². The van der Waals surface area contributed by atoms with Gasteiger partial charge in [0.15, 0.2) is 0 Å². The van der Waals surface area contributed by atoms with Crippen LogP contribution in [0.4, 0.5) is 0 Å². The van der Waals surface area contributed by atoms with E-state index in [1.807, 2.05) is 0 Å². The molecule has 0 saturated carbocycles. The third-order valence-corrected chi connectivity index (χ3v) is 2.57. The maximum absolute atomic E-state index is 11.5. The highest BCUT2D eigenvalue weighted by molar-refractivity contribution is 5.93. The fourth-order valence-corrected chi connectivity index (χ4v) is 1.68. The van der Waals surface area contributed by atoms with Crippen LogP contribution in [0.1, 0.15) is 23.2 Å².